The smallest absolute Gasteiger partial charge is 0.414 e. The molecule has 0 spiro atoms. The molecule has 0 atom stereocenters. The van der Waals surface area contributed by atoms with E-state index >= 15 is 0 Å². The van der Waals surface area contributed by atoms with Crippen molar-refractivity contribution in [2.24, 2.45) is 4.99 Å². The second-order valence-electron chi connectivity index (χ2n) is 9.85. The first kappa shape index (κ1) is 29.6. The largest absolute Gasteiger partial charge is 0.497 e. The van der Waals surface area contributed by atoms with Gasteiger partial charge in [-0.05, 0) is 75.4 Å². The maximum absolute atomic E-state index is 13.0. The molecule has 0 saturated carbocycles. The summed E-state index contributed by atoms with van der Waals surface area (Å²) >= 11 is 6.10. The second-order valence-corrected chi connectivity index (χ2v) is 12.0. The van der Waals surface area contributed by atoms with Crippen LogP contribution in [0.3, 0.4) is 0 Å². The van der Waals surface area contributed by atoms with Gasteiger partial charge in [0.1, 0.15) is 11.4 Å². The van der Waals surface area contributed by atoms with Gasteiger partial charge in [0, 0.05) is 10.6 Å². The van der Waals surface area contributed by atoms with Crippen LogP contribution in [0.4, 0.5) is 4.79 Å². The molecule has 0 aliphatic rings. The minimum atomic E-state index is -4.05. The number of nitrogens with one attached hydrogen (secondary N) is 2. The highest BCUT2D eigenvalue weighted by molar-refractivity contribution is 7.90. The van der Waals surface area contributed by atoms with Crippen molar-refractivity contribution < 1.29 is 22.7 Å². The molecule has 0 aliphatic heterocycles. The zero-order valence-electron chi connectivity index (χ0n) is 23.0. The van der Waals surface area contributed by atoms with E-state index in [2.05, 4.69) is 15.0 Å². The molecule has 4 aromatic rings. The molecule has 214 valence electrons. The number of aromatic nitrogens is 2. The van der Waals surface area contributed by atoms with Crippen molar-refractivity contribution in [1.82, 2.24) is 19.8 Å². The lowest BCUT2D eigenvalue weighted by atomic mass is 10.1. The molecule has 0 bridgehead atoms. The van der Waals surface area contributed by atoms with Gasteiger partial charge in [-0.15, -0.1) is 0 Å². The third-order valence-corrected chi connectivity index (χ3v) is 7.13. The lowest BCUT2D eigenvalue weighted by Gasteiger charge is -2.20. The van der Waals surface area contributed by atoms with E-state index in [4.69, 9.17) is 26.2 Å². The minimum Gasteiger partial charge on any atom is -0.497 e. The van der Waals surface area contributed by atoms with Crippen LogP contribution in [-0.4, -0.2) is 43.0 Å². The van der Waals surface area contributed by atoms with E-state index in [1.165, 1.54) is 12.1 Å². The summed E-state index contributed by atoms with van der Waals surface area (Å²) in [4.78, 5) is 16.9. The van der Waals surface area contributed by atoms with E-state index in [0.717, 1.165) is 16.9 Å². The predicted octanol–water partition coefficient (Wildman–Crippen LogP) is 5.56. The number of sulfonamides is 1. The fourth-order valence-corrected chi connectivity index (χ4v) is 4.83. The van der Waals surface area contributed by atoms with Crippen molar-refractivity contribution >= 4 is 33.7 Å². The van der Waals surface area contributed by atoms with Gasteiger partial charge in [-0.3, -0.25) is 5.32 Å². The summed E-state index contributed by atoms with van der Waals surface area (Å²) in [5, 5.41) is 7.72. The number of guanidine groups is 1. The van der Waals surface area contributed by atoms with Gasteiger partial charge in [-0.1, -0.05) is 41.9 Å². The Morgan fingerprint density at radius 3 is 2.27 bits per heavy atom. The number of rotatable bonds is 7. The van der Waals surface area contributed by atoms with E-state index in [1.807, 2.05) is 42.5 Å². The molecule has 0 fully saturated rings. The van der Waals surface area contributed by atoms with Gasteiger partial charge in [0.15, 0.2) is 0 Å². The number of amides is 1. The van der Waals surface area contributed by atoms with Crippen molar-refractivity contribution in [2.75, 3.05) is 7.11 Å². The third kappa shape index (κ3) is 8.09. The number of aliphatic imine (C=N–C) groups is 1. The number of benzene rings is 3. The molecule has 10 nitrogen and oxygen atoms in total. The molecule has 2 N–H and O–H groups in total. The van der Waals surface area contributed by atoms with E-state index in [0.29, 0.717) is 16.5 Å². The van der Waals surface area contributed by atoms with E-state index in [1.54, 1.807) is 62.9 Å². The van der Waals surface area contributed by atoms with Crippen molar-refractivity contribution in [3.05, 3.63) is 95.6 Å². The highest BCUT2D eigenvalue weighted by Gasteiger charge is 2.22. The first-order valence-electron chi connectivity index (χ1n) is 12.6. The molecule has 0 aliphatic carbocycles. The third-order valence-electron chi connectivity index (χ3n) is 5.52. The van der Waals surface area contributed by atoms with Crippen LogP contribution < -0.4 is 14.8 Å². The van der Waals surface area contributed by atoms with E-state index in [9.17, 15) is 13.2 Å². The summed E-state index contributed by atoms with van der Waals surface area (Å²) in [6, 6.07) is 24.2. The van der Waals surface area contributed by atoms with Crippen LogP contribution in [0.15, 0.2) is 94.8 Å². The fourth-order valence-electron chi connectivity index (χ4n) is 3.70. The van der Waals surface area contributed by atoms with Crippen molar-refractivity contribution in [2.45, 2.75) is 37.8 Å². The first-order valence-corrected chi connectivity index (χ1v) is 14.4. The number of hydrogen-bond acceptors (Lipinski definition) is 7. The Balaban J connectivity index is 1.69. The Kier molecular flexibility index (Phi) is 8.99. The number of nitrogens with zero attached hydrogens (tertiary/aromatic N) is 3. The fraction of sp³-hybridized carbons (Fsp3) is 0.207. The minimum absolute atomic E-state index is 0.00694. The number of halogens is 1. The maximum Gasteiger partial charge on any atom is 0.414 e. The number of methoxy groups -OCH3 is 1. The van der Waals surface area contributed by atoms with Gasteiger partial charge in [0.05, 0.1) is 35.6 Å². The standard InChI is InChI=1S/C29H30ClN5O5S/c1-29(2,3)40-28(36)32-27(34-41(37,38)25-8-6-5-7-9-25)31-19-22-18-26(20-10-12-21(30)13-11-20)35(33-22)23-14-16-24(39-4)17-15-23/h5-18H,19H2,1-4H3,(H2,31,32,34,36). The summed E-state index contributed by atoms with van der Waals surface area (Å²) in [5.41, 5.74) is 2.07. The first-order chi connectivity index (χ1) is 19.4. The second kappa shape index (κ2) is 12.4. The van der Waals surface area contributed by atoms with Crippen LogP contribution in [0.5, 0.6) is 5.75 Å². The van der Waals surface area contributed by atoms with Gasteiger partial charge < -0.3 is 9.47 Å². The zero-order valence-corrected chi connectivity index (χ0v) is 24.5. The molecule has 1 amide bonds. The van der Waals surface area contributed by atoms with Gasteiger partial charge in [-0.2, -0.15) is 5.10 Å². The summed E-state index contributed by atoms with van der Waals surface area (Å²) in [6.45, 7) is 5.02. The van der Waals surface area contributed by atoms with Crippen LogP contribution >= 0.6 is 11.6 Å². The van der Waals surface area contributed by atoms with Crippen molar-refractivity contribution in [3.8, 4) is 22.7 Å². The maximum atomic E-state index is 13.0. The number of hydrogen-bond donors (Lipinski definition) is 2. The Labute approximate surface area is 244 Å². The normalized spacial score (nSPS) is 12.1. The van der Waals surface area contributed by atoms with Gasteiger partial charge in [-0.25, -0.2) is 27.6 Å². The molecular formula is C29H30ClN5O5S. The molecule has 1 aromatic heterocycles. The van der Waals surface area contributed by atoms with Crippen LogP contribution in [0.25, 0.3) is 16.9 Å². The van der Waals surface area contributed by atoms with Crippen LogP contribution in [0.1, 0.15) is 26.5 Å². The Bertz CT molecular complexity index is 1630. The van der Waals surface area contributed by atoms with E-state index in [-0.39, 0.29) is 17.4 Å². The lowest BCUT2D eigenvalue weighted by Crippen LogP contribution is -2.45. The molecule has 0 radical (unpaired) electrons. The number of carbonyl (C=O) groups is 1. The number of alkyl carbamates (subject to hydrolysis) is 1. The molecule has 12 heteroatoms. The SMILES string of the molecule is COc1ccc(-n2nc(CN=C(NC(=O)OC(C)(C)C)NS(=O)(=O)c3ccccc3)cc2-c2ccc(Cl)cc2)cc1. The molecule has 41 heavy (non-hydrogen) atoms. The highest BCUT2D eigenvalue weighted by atomic mass is 35.5. The number of carbonyl (C=O) groups excluding carboxylic acids is 1. The Hall–Kier alpha value is -4.35. The highest BCUT2D eigenvalue weighted by Crippen LogP contribution is 2.27. The van der Waals surface area contributed by atoms with Crippen molar-refractivity contribution in [3.63, 3.8) is 0 Å². The summed E-state index contributed by atoms with van der Waals surface area (Å²) in [6.07, 6.45) is -0.863. The molecule has 0 saturated heterocycles. The predicted molar refractivity (Wildman–Crippen MR) is 158 cm³/mol. The molecule has 1 heterocycles. The summed E-state index contributed by atoms with van der Waals surface area (Å²) in [5.74, 6) is 0.387. The van der Waals surface area contributed by atoms with Crippen LogP contribution in [0, 0.1) is 0 Å². The lowest BCUT2D eigenvalue weighted by molar-refractivity contribution is 0.0562. The van der Waals surface area contributed by atoms with Crippen molar-refractivity contribution in [1.29, 1.82) is 0 Å². The average Bonchev–Trinajstić information content (AvgIpc) is 3.36. The van der Waals surface area contributed by atoms with Crippen LogP contribution in [0.2, 0.25) is 5.02 Å². The Morgan fingerprint density at radius 1 is 1.00 bits per heavy atom. The topological polar surface area (TPSA) is 124 Å². The Morgan fingerprint density at radius 2 is 1.66 bits per heavy atom. The van der Waals surface area contributed by atoms with E-state index < -0.39 is 21.7 Å². The molecule has 0 unspecified atom stereocenters. The average molecular weight is 596 g/mol. The number of ether oxygens (including phenoxy) is 2. The monoisotopic (exact) mass is 595 g/mol. The van der Waals surface area contributed by atoms with Gasteiger partial charge in [0.25, 0.3) is 10.0 Å². The molecule has 4 rings (SSSR count). The molecule has 3 aromatic carbocycles. The van der Waals surface area contributed by atoms with Crippen LogP contribution in [-0.2, 0) is 21.3 Å². The summed E-state index contributed by atoms with van der Waals surface area (Å²) in [7, 11) is -2.46. The zero-order chi connectivity index (χ0) is 29.6. The quantitative estimate of drug-likeness (QED) is 0.213. The van der Waals surface area contributed by atoms with Gasteiger partial charge >= 0.3 is 6.09 Å². The molecular weight excluding hydrogens is 566 g/mol. The van der Waals surface area contributed by atoms with Gasteiger partial charge in [0.2, 0.25) is 5.96 Å². The summed E-state index contributed by atoms with van der Waals surface area (Å²) < 4.78 is 40.7.